The molecule has 1 N–H and O–H groups in total. The van der Waals surface area contributed by atoms with Crippen LogP contribution in [0, 0.1) is 17.1 Å². The number of carbonyl (C=O) groups excluding carboxylic acids is 2. The molecule has 0 fully saturated rings. The number of halogens is 1. The highest BCUT2D eigenvalue weighted by Gasteiger charge is 2.16. The van der Waals surface area contributed by atoms with Crippen LogP contribution in [0.2, 0.25) is 0 Å². The molecule has 0 saturated heterocycles. The van der Waals surface area contributed by atoms with Crippen molar-refractivity contribution in [3.63, 3.8) is 0 Å². The zero-order chi connectivity index (χ0) is 22.1. The minimum atomic E-state index is -0.376. The van der Waals surface area contributed by atoms with Crippen molar-refractivity contribution >= 4 is 11.8 Å². The number of carbonyl (C=O) groups is 2. The smallest absolute Gasteiger partial charge is 0.242 e. The summed E-state index contributed by atoms with van der Waals surface area (Å²) >= 11 is 0. The minimum absolute atomic E-state index is 0.155. The van der Waals surface area contributed by atoms with Gasteiger partial charge in [0.05, 0.1) is 24.6 Å². The standard InChI is InChI=1S/C25H22FN3O2/c26-23-8-4-7-22(13-23)18-29(17-21-11-9-20(15-27)10-12-21)25(31)16-28-24(30)14-19-5-2-1-3-6-19/h1-13H,14,16-18H2,(H,28,30). The summed E-state index contributed by atoms with van der Waals surface area (Å²) in [6.07, 6.45) is 0.188. The zero-order valence-corrected chi connectivity index (χ0v) is 16.9. The number of benzene rings is 3. The van der Waals surface area contributed by atoms with E-state index in [1.807, 2.05) is 30.3 Å². The lowest BCUT2D eigenvalue weighted by atomic mass is 10.1. The van der Waals surface area contributed by atoms with Gasteiger partial charge in [-0.3, -0.25) is 9.59 Å². The number of nitrogens with one attached hydrogen (secondary N) is 1. The summed E-state index contributed by atoms with van der Waals surface area (Å²) in [5.41, 5.74) is 2.87. The topological polar surface area (TPSA) is 73.2 Å². The molecule has 0 bridgehead atoms. The van der Waals surface area contributed by atoms with Gasteiger partial charge in [0.15, 0.2) is 0 Å². The molecule has 31 heavy (non-hydrogen) atoms. The van der Waals surface area contributed by atoms with Crippen molar-refractivity contribution in [3.8, 4) is 6.07 Å². The quantitative estimate of drug-likeness (QED) is 0.611. The minimum Gasteiger partial charge on any atom is -0.347 e. The zero-order valence-electron chi connectivity index (χ0n) is 16.9. The molecule has 3 aromatic rings. The molecule has 0 aliphatic carbocycles. The third kappa shape index (κ3) is 6.79. The third-order valence-electron chi connectivity index (χ3n) is 4.72. The number of nitriles is 1. The average Bonchev–Trinajstić information content (AvgIpc) is 2.78. The molecule has 0 aromatic heterocycles. The summed E-state index contributed by atoms with van der Waals surface area (Å²) in [6.45, 7) is 0.317. The molecule has 3 rings (SSSR count). The number of nitrogens with zero attached hydrogens (tertiary/aromatic N) is 2. The molecule has 0 unspecified atom stereocenters. The molecule has 5 nitrogen and oxygen atoms in total. The second-order valence-corrected chi connectivity index (χ2v) is 7.13. The number of rotatable bonds is 8. The van der Waals surface area contributed by atoms with E-state index in [4.69, 9.17) is 5.26 Å². The molecule has 0 heterocycles. The molecule has 0 saturated carbocycles. The predicted molar refractivity (Wildman–Crippen MR) is 115 cm³/mol. The first kappa shape index (κ1) is 21.7. The Morgan fingerprint density at radius 1 is 0.871 bits per heavy atom. The van der Waals surface area contributed by atoms with Gasteiger partial charge in [-0.15, -0.1) is 0 Å². The Balaban J connectivity index is 1.67. The van der Waals surface area contributed by atoms with Crippen LogP contribution in [0.25, 0.3) is 0 Å². The molecule has 0 atom stereocenters. The van der Waals surface area contributed by atoms with Crippen LogP contribution in [0.4, 0.5) is 4.39 Å². The monoisotopic (exact) mass is 415 g/mol. The molecule has 6 heteroatoms. The SMILES string of the molecule is N#Cc1ccc(CN(Cc2cccc(F)c2)C(=O)CNC(=O)Cc2ccccc2)cc1. The summed E-state index contributed by atoms with van der Waals surface area (Å²) in [6, 6.07) is 24.3. The summed E-state index contributed by atoms with van der Waals surface area (Å²) in [4.78, 5) is 26.6. The van der Waals surface area contributed by atoms with Crippen molar-refractivity contribution in [2.24, 2.45) is 0 Å². The van der Waals surface area contributed by atoms with Gasteiger partial charge in [0, 0.05) is 13.1 Å². The Morgan fingerprint density at radius 2 is 1.55 bits per heavy atom. The lowest BCUT2D eigenvalue weighted by Gasteiger charge is -2.23. The molecular weight excluding hydrogens is 393 g/mol. The maximum absolute atomic E-state index is 13.6. The van der Waals surface area contributed by atoms with E-state index in [-0.39, 0.29) is 43.7 Å². The van der Waals surface area contributed by atoms with Gasteiger partial charge in [0.25, 0.3) is 0 Å². The van der Waals surface area contributed by atoms with E-state index in [2.05, 4.69) is 11.4 Å². The van der Waals surface area contributed by atoms with Crippen molar-refractivity contribution in [3.05, 3.63) is 107 Å². The molecule has 0 spiro atoms. The van der Waals surface area contributed by atoms with Crippen molar-refractivity contribution in [1.29, 1.82) is 5.26 Å². The number of hydrogen-bond donors (Lipinski definition) is 1. The lowest BCUT2D eigenvalue weighted by Crippen LogP contribution is -2.40. The first-order valence-electron chi connectivity index (χ1n) is 9.85. The largest absolute Gasteiger partial charge is 0.347 e. The van der Waals surface area contributed by atoms with Crippen LogP contribution in [0.15, 0.2) is 78.9 Å². The van der Waals surface area contributed by atoms with Gasteiger partial charge in [0.2, 0.25) is 11.8 Å². The van der Waals surface area contributed by atoms with E-state index < -0.39 is 0 Å². The number of amides is 2. The van der Waals surface area contributed by atoms with Crippen molar-refractivity contribution < 1.29 is 14.0 Å². The summed E-state index contributed by atoms with van der Waals surface area (Å²) in [5, 5.41) is 11.6. The Morgan fingerprint density at radius 3 is 2.23 bits per heavy atom. The second kappa shape index (κ2) is 10.7. The Labute approximate surface area is 180 Å². The summed E-state index contributed by atoms with van der Waals surface area (Å²) in [7, 11) is 0. The summed E-state index contributed by atoms with van der Waals surface area (Å²) < 4.78 is 13.6. The normalized spacial score (nSPS) is 10.2. The third-order valence-corrected chi connectivity index (χ3v) is 4.72. The van der Waals surface area contributed by atoms with Crippen LogP contribution in [0.1, 0.15) is 22.3 Å². The maximum Gasteiger partial charge on any atom is 0.242 e. The molecule has 0 aliphatic heterocycles. The van der Waals surface area contributed by atoms with Gasteiger partial charge in [-0.25, -0.2) is 4.39 Å². The predicted octanol–water partition coefficient (Wildman–Crippen LogP) is 3.59. The van der Waals surface area contributed by atoms with Gasteiger partial charge in [0.1, 0.15) is 5.82 Å². The van der Waals surface area contributed by atoms with Crippen LogP contribution in [0.3, 0.4) is 0 Å². The molecular formula is C25H22FN3O2. The molecule has 0 radical (unpaired) electrons. The van der Waals surface area contributed by atoms with Crippen LogP contribution in [0.5, 0.6) is 0 Å². The van der Waals surface area contributed by atoms with E-state index >= 15 is 0 Å². The van der Waals surface area contributed by atoms with Crippen LogP contribution < -0.4 is 5.32 Å². The molecule has 2 amide bonds. The molecule has 3 aromatic carbocycles. The Bertz CT molecular complexity index is 1080. The Hall–Kier alpha value is -3.98. The van der Waals surface area contributed by atoms with Gasteiger partial charge in [-0.05, 0) is 41.0 Å². The van der Waals surface area contributed by atoms with Crippen LogP contribution in [-0.4, -0.2) is 23.3 Å². The van der Waals surface area contributed by atoms with E-state index in [1.54, 1.807) is 41.3 Å². The van der Waals surface area contributed by atoms with Gasteiger partial charge >= 0.3 is 0 Å². The van der Waals surface area contributed by atoms with Gasteiger partial charge in [-0.1, -0.05) is 54.6 Å². The fourth-order valence-electron chi connectivity index (χ4n) is 3.12. The fourth-order valence-corrected chi connectivity index (χ4v) is 3.12. The van der Waals surface area contributed by atoms with E-state index in [0.717, 1.165) is 11.1 Å². The van der Waals surface area contributed by atoms with E-state index in [0.29, 0.717) is 11.1 Å². The lowest BCUT2D eigenvalue weighted by molar-refractivity contribution is -0.133. The highest BCUT2D eigenvalue weighted by molar-refractivity contribution is 5.85. The first-order valence-corrected chi connectivity index (χ1v) is 9.85. The second-order valence-electron chi connectivity index (χ2n) is 7.13. The van der Waals surface area contributed by atoms with Gasteiger partial charge in [-0.2, -0.15) is 5.26 Å². The summed E-state index contributed by atoms with van der Waals surface area (Å²) in [5.74, 6) is -0.905. The van der Waals surface area contributed by atoms with E-state index in [9.17, 15) is 14.0 Å². The highest BCUT2D eigenvalue weighted by Crippen LogP contribution is 2.13. The maximum atomic E-state index is 13.6. The average molecular weight is 415 g/mol. The fraction of sp³-hybridized carbons (Fsp3) is 0.160. The van der Waals surface area contributed by atoms with Crippen LogP contribution >= 0.6 is 0 Å². The van der Waals surface area contributed by atoms with Gasteiger partial charge < -0.3 is 10.2 Å². The molecule has 0 aliphatic rings. The van der Waals surface area contributed by atoms with Crippen molar-refractivity contribution in [1.82, 2.24) is 10.2 Å². The molecule has 156 valence electrons. The Kier molecular flexibility index (Phi) is 7.50. The van der Waals surface area contributed by atoms with Crippen LogP contribution in [-0.2, 0) is 29.1 Å². The van der Waals surface area contributed by atoms with Crippen molar-refractivity contribution in [2.45, 2.75) is 19.5 Å². The first-order chi connectivity index (χ1) is 15.0. The van der Waals surface area contributed by atoms with E-state index in [1.165, 1.54) is 12.1 Å². The highest BCUT2D eigenvalue weighted by atomic mass is 19.1. The van der Waals surface area contributed by atoms with Crippen molar-refractivity contribution in [2.75, 3.05) is 6.54 Å². The number of hydrogen-bond acceptors (Lipinski definition) is 3.